The number of ketones is 1. The smallest absolute Gasteiger partial charge is 0.350 e. The van der Waals surface area contributed by atoms with Crippen LogP contribution in [0, 0.1) is 6.92 Å². The number of esters is 1. The molecule has 0 fully saturated rings. The molecule has 3 heterocycles. The number of carbonyl (C=O) groups excluding carboxylic acids is 3. The van der Waals surface area contributed by atoms with Crippen molar-refractivity contribution in [2.24, 2.45) is 0 Å². The molecular formula is C22H17BrN2O6S. The summed E-state index contributed by atoms with van der Waals surface area (Å²) in [5.74, 6) is -2.67. The maximum absolute atomic E-state index is 13.2. The summed E-state index contributed by atoms with van der Waals surface area (Å²) >= 11 is 4.36. The van der Waals surface area contributed by atoms with E-state index in [4.69, 9.17) is 9.15 Å². The van der Waals surface area contributed by atoms with Crippen molar-refractivity contribution in [1.29, 1.82) is 0 Å². The van der Waals surface area contributed by atoms with Gasteiger partial charge in [-0.1, -0.05) is 39.4 Å². The summed E-state index contributed by atoms with van der Waals surface area (Å²) in [7, 11) is 0. The van der Waals surface area contributed by atoms with E-state index in [1.165, 1.54) is 17.2 Å². The topological polar surface area (TPSA) is 110 Å². The zero-order valence-electron chi connectivity index (χ0n) is 17.0. The molecule has 1 aliphatic heterocycles. The molecule has 1 aromatic carbocycles. The number of rotatable bonds is 6. The Hall–Kier alpha value is -3.24. The quantitative estimate of drug-likeness (QED) is 0.371. The number of thiazole rings is 1. The van der Waals surface area contributed by atoms with Gasteiger partial charge >= 0.3 is 5.97 Å². The Balaban J connectivity index is 1.86. The molecule has 0 aliphatic carbocycles. The summed E-state index contributed by atoms with van der Waals surface area (Å²) < 4.78 is 11.0. The zero-order valence-corrected chi connectivity index (χ0v) is 19.4. The van der Waals surface area contributed by atoms with Gasteiger partial charge in [-0.25, -0.2) is 9.78 Å². The Morgan fingerprint density at radius 1 is 1.31 bits per heavy atom. The number of hydrogen-bond donors (Lipinski definition) is 1. The van der Waals surface area contributed by atoms with Gasteiger partial charge in [-0.05, 0) is 43.7 Å². The third-order valence-electron chi connectivity index (χ3n) is 4.81. The van der Waals surface area contributed by atoms with Crippen LogP contribution >= 0.6 is 27.3 Å². The van der Waals surface area contributed by atoms with E-state index in [1.54, 1.807) is 44.2 Å². The lowest BCUT2D eigenvalue weighted by Crippen LogP contribution is -2.31. The van der Waals surface area contributed by atoms with Crippen LogP contribution in [0.2, 0.25) is 0 Å². The number of nitrogens with zero attached hydrogens (tertiary/aromatic N) is 2. The highest BCUT2D eigenvalue weighted by Gasteiger charge is 2.46. The van der Waals surface area contributed by atoms with E-state index < -0.39 is 29.5 Å². The average Bonchev–Trinajstić information content (AvgIpc) is 3.47. The van der Waals surface area contributed by atoms with Crippen molar-refractivity contribution in [3.05, 3.63) is 80.4 Å². The molecule has 2 aromatic heterocycles. The molecule has 1 N–H and O–H groups in total. The van der Waals surface area contributed by atoms with Crippen LogP contribution in [0.5, 0.6) is 0 Å². The van der Waals surface area contributed by atoms with Crippen LogP contribution in [-0.2, 0) is 9.53 Å². The van der Waals surface area contributed by atoms with Gasteiger partial charge in [0.05, 0.1) is 30.2 Å². The average molecular weight is 517 g/mol. The monoisotopic (exact) mass is 516 g/mol. The van der Waals surface area contributed by atoms with Crippen molar-refractivity contribution < 1.29 is 28.6 Å². The molecule has 0 radical (unpaired) electrons. The maximum Gasteiger partial charge on any atom is 0.350 e. The second-order valence-corrected chi connectivity index (χ2v) is 8.73. The number of aryl methyl sites for hydroxylation is 1. The van der Waals surface area contributed by atoms with E-state index >= 15 is 0 Å². The highest BCUT2D eigenvalue weighted by Crippen LogP contribution is 2.44. The number of aliphatic hydroxyl groups excluding tert-OH is 1. The van der Waals surface area contributed by atoms with Gasteiger partial charge in [-0.2, -0.15) is 0 Å². The van der Waals surface area contributed by atoms with Gasteiger partial charge in [0.15, 0.2) is 16.7 Å². The van der Waals surface area contributed by atoms with Gasteiger partial charge in [0, 0.05) is 4.47 Å². The standard InChI is InChI=1S/C22H17BrN2O6S/c1-3-30-21(29)19-11(2)24-22(32-19)25-16(12-6-4-7-13(23)10-12)15(18(27)20(25)28)17(26)14-8-5-9-31-14/h4-10,16,27H,3H2,1-2H3/t16-/m1/s1. The molecular weight excluding hydrogens is 500 g/mol. The number of Topliss-reactive ketones (excluding diaryl/α,β-unsaturated/α-hetero) is 1. The molecule has 4 rings (SSSR count). The van der Waals surface area contributed by atoms with Crippen molar-refractivity contribution in [2.45, 2.75) is 19.9 Å². The molecule has 0 spiro atoms. The van der Waals surface area contributed by atoms with Crippen LogP contribution in [0.15, 0.2) is 62.9 Å². The fraction of sp³-hybridized carbons (Fsp3) is 0.182. The first kappa shape index (κ1) is 22.0. The molecule has 0 unspecified atom stereocenters. The normalized spacial score (nSPS) is 16.0. The first-order valence-electron chi connectivity index (χ1n) is 9.58. The number of hydrogen-bond acceptors (Lipinski definition) is 8. The first-order valence-corrected chi connectivity index (χ1v) is 11.2. The van der Waals surface area contributed by atoms with Crippen LogP contribution in [0.4, 0.5) is 5.13 Å². The van der Waals surface area contributed by atoms with E-state index in [0.29, 0.717) is 11.3 Å². The number of aliphatic hydroxyl groups is 1. The van der Waals surface area contributed by atoms with E-state index in [-0.39, 0.29) is 27.9 Å². The number of amides is 1. The predicted molar refractivity (Wildman–Crippen MR) is 120 cm³/mol. The minimum absolute atomic E-state index is 0.0104. The van der Waals surface area contributed by atoms with Gasteiger partial charge in [0.2, 0.25) is 5.78 Å². The fourth-order valence-corrected chi connectivity index (χ4v) is 4.84. The summed E-state index contributed by atoms with van der Waals surface area (Å²) in [6, 6.07) is 9.06. The molecule has 10 heteroatoms. The predicted octanol–water partition coefficient (Wildman–Crippen LogP) is 4.77. The number of ether oxygens (including phenoxy) is 1. The number of halogens is 1. The van der Waals surface area contributed by atoms with Crippen molar-refractivity contribution >= 4 is 50.1 Å². The van der Waals surface area contributed by atoms with Gasteiger partial charge < -0.3 is 14.3 Å². The van der Waals surface area contributed by atoms with Gasteiger partial charge in [0.1, 0.15) is 4.88 Å². The number of carbonyl (C=O) groups is 3. The van der Waals surface area contributed by atoms with Gasteiger partial charge in [-0.15, -0.1) is 0 Å². The zero-order chi connectivity index (χ0) is 23.0. The SMILES string of the molecule is CCOC(=O)c1sc(N2C(=O)C(O)=C(C(=O)c3ccco3)[C@H]2c2cccc(Br)c2)nc1C. The Morgan fingerprint density at radius 3 is 2.75 bits per heavy atom. The Kier molecular flexibility index (Phi) is 5.98. The molecule has 1 atom stereocenters. The summed E-state index contributed by atoms with van der Waals surface area (Å²) in [6.45, 7) is 3.51. The van der Waals surface area contributed by atoms with Crippen LogP contribution in [0.25, 0.3) is 0 Å². The highest BCUT2D eigenvalue weighted by atomic mass is 79.9. The number of benzene rings is 1. The fourth-order valence-electron chi connectivity index (χ4n) is 3.44. The van der Waals surface area contributed by atoms with Gasteiger partial charge in [-0.3, -0.25) is 14.5 Å². The molecule has 164 valence electrons. The van der Waals surface area contributed by atoms with Crippen LogP contribution in [0.3, 0.4) is 0 Å². The second-order valence-electron chi connectivity index (χ2n) is 6.83. The van der Waals surface area contributed by atoms with E-state index in [0.717, 1.165) is 15.8 Å². The lowest BCUT2D eigenvalue weighted by atomic mass is 9.95. The minimum atomic E-state index is -0.974. The summed E-state index contributed by atoms with van der Waals surface area (Å²) in [4.78, 5) is 44.4. The van der Waals surface area contributed by atoms with E-state index in [9.17, 15) is 19.5 Å². The number of anilines is 1. The second kappa shape index (κ2) is 8.71. The van der Waals surface area contributed by atoms with Crippen molar-refractivity contribution in [1.82, 2.24) is 4.98 Å². The lowest BCUT2D eigenvalue weighted by Gasteiger charge is -2.24. The minimum Gasteiger partial charge on any atom is -0.503 e. The molecule has 32 heavy (non-hydrogen) atoms. The molecule has 0 bridgehead atoms. The number of furan rings is 1. The molecule has 8 nitrogen and oxygen atoms in total. The summed E-state index contributed by atoms with van der Waals surface area (Å²) in [5, 5.41) is 10.9. The van der Waals surface area contributed by atoms with Crippen molar-refractivity contribution in [2.75, 3.05) is 11.5 Å². The van der Waals surface area contributed by atoms with E-state index in [1.807, 2.05) is 0 Å². The Labute approximate surface area is 195 Å². The van der Waals surface area contributed by atoms with Gasteiger partial charge in [0.25, 0.3) is 5.91 Å². The summed E-state index contributed by atoms with van der Waals surface area (Å²) in [5.41, 5.74) is 0.820. The molecule has 1 aliphatic rings. The Morgan fingerprint density at radius 2 is 2.09 bits per heavy atom. The first-order chi connectivity index (χ1) is 15.3. The summed E-state index contributed by atoms with van der Waals surface area (Å²) in [6.07, 6.45) is 1.34. The van der Waals surface area contributed by atoms with Crippen LogP contribution in [-0.4, -0.2) is 34.4 Å². The maximum atomic E-state index is 13.2. The molecule has 1 amide bonds. The van der Waals surface area contributed by atoms with Crippen molar-refractivity contribution in [3.63, 3.8) is 0 Å². The highest BCUT2D eigenvalue weighted by molar-refractivity contribution is 9.10. The third kappa shape index (κ3) is 3.76. The van der Waals surface area contributed by atoms with Crippen LogP contribution in [0.1, 0.15) is 44.4 Å². The van der Waals surface area contributed by atoms with Crippen molar-refractivity contribution in [3.8, 4) is 0 Å². The number of aromatic nitrogens is 1. The Bertz CT molecular complexity index is 1250. The molecule has 0 saturated carbocycles. The largest absolute Gasteiger partial charge is 0.503 e. The lowest BCUT2D eigenvalue weighted by molar-refractivity contribution is -0.117. The molecule has 3 aromatic rings. The molecule has 0 saturated heterocycles. The van der Waals surface area contributed by atoms with Crippen LogP contribution < -0.4 is 4.90 Å². The third-order valence-corrected chi connectivity index (χ3v) is 6.44. The van der Waals surface area contributed by atoms with E-state index in [2.05, 4.69) is 20.9 Å².